The summed E-state index contributed by atoms with van der Waals surface area (Å²) in [6.45, 7) is 7.19. The van der Waals surface area contributed by atoms with Gasteiger partial charge in [0.2, 0.25) is 0 Å². The maximum absolute atomic E-state index is 5.33. The molecule has 1 aromatic carbocycles. The van der Waals surface area contributed by atoms with E-state index in [4.69, 9.17) is 4.74 Å². The summed E-state index contributed by atoms with van der Waals surface area (Å²) in [4.78, 5) is 5.27. The lowest BCUT2D eigenvalue weighted by atomic mass is 9.93. The molecule has 0 radical (unpaired) electrons. The van der Waals surface area contributed by atoms with Crippen LogP contribution in [0.4, 0.5) is 0 Å². The monoisotopic (exact) mass is 312 g/mol. The van der Waals surface area contributed by atoms with E-state index in [1.54, 1.807) is 7.11 Å². The van der Waals surface area contributed by atoms with Gasteiger partial charge in [-0.25, -0.2) is 0 Å². The number of piperazine rings is 1. The van der Waals surface area contributed by atoms with Crippen molar-refractivity contribution in [2.45, 2.75) is 19.4 Å². The van der Waals surface area contributed by atoms with E-state index in [1.165, 1.54) is 51.1 Å². The van der Waals surface area contributed by atoms with Crippen LogP contribution in [0.5, 0.6) is 5.75 Å². The fourth-order valence-electron chi connectivity index (χ4n) is 4.60. The molecular formula is C20H28N2O. The van der Waals surface area contributed by atoms with Gasteiger partial charge in [-0.3, -0.25) is 4.90 Å². The first-order valence-corrected chi connectivity index (χ1v) is 9.06. The summed E-state index contributed by atoms with van der Waals surface area (Å²) >= 11 is 0. The minimum Gasteiger partial charge on any atom is -0.497 e. The summed E-state index contributed by atoms with van der Waals surface area (Å²) in [6.07, 6.45) is 7.80. The predicted molar refractivity (Wildman–Crippen MR) is 93.6 cm³/mol. The Morgan fingerprint density at radius 3 is 2.57 bits per heavy atom. The summed E-state index contributed by atoms with van der Waals surface area (Å²) in [5.74, 6) is 3.68. The molecule has 2 bridgehead atoms. The Balaban J connectivity index is 1.25. The van der Waals surface area contributed by atoms with Gasteiger partial charge in [0.25, 0.3) is 0 Å². The lowest BCUT2D eigenvalue weighted by Crippen LogP contribution is -2.47. The van der Waals surface area contributed by atoms with E-state index >= 15 is 0 Å². The number of hydrogen-bond acceptors (Lipinski definition) is 3. The number of benzene rings is 1. The quantitative estimate of drug-likeness (QED) is 0.777. The van der Waals surface area contributed by atoms with Crippen LogP contribution in [0.15, 0.2) is 36.4 Å². The number of nitrogens with zero attached hydrogens (tertiary/aromatic N) is 2. The number of ether oxygens (including phenoxy) is 1. The van der Waals surface area contributed by atoms with Gasteiger partial charge < -0.3 is 9.64 Å². The minimum atomic E-state index is 0.884. The smallest absolute Gasteiger partial charge is 0.119 e. The third kappa shape index (κ3) is 3.46. The first-order chi connectivity index (χ1) is 11.3. The van der Waals surface area contributed by atoms with E-state index in [9.17, 15) is 0 Å². The van der Waals surface area contributed by atoms with Crippen LogP contribution in [-0.4, -0.2) is 49.6 Å². The second kappa shape index (κ2) is 6.66. The molecule has 0 spiro atoms. The Kier molecular flexibility index (Phi) is 4.41. The van der Waals surface area contributed by atoms with Crippen molar-refractivity contribution in [3.8, 4) is 5.75 Å². The lowest BCUT2D eigenvalue weighted by Gasteiger charge is -2.37. The minimum absolute atomic E-state index is 0.884. The topological polar surface area (TPSA) is 15.7 Å². The molecule has 0 N–H and O–H groups in total. The third-order valence-electron chi connectivity index (χ3n) is 5.91. The average Bonchev–Trinajstić information content (AvgIpc) is 3.20. The largest absolute Gasteiger partial charge is 0.497 e. The first kappa shape index (κ1) is 15.2. The van der Waals surface area contributed by atoms with Gasteiger partial charge in [-0.1, -0.05) is 24.3 Å². The molecule has 2 fully saturated rings. The fraction of sp³-hybridized carbons (Fsp3) is 0.600. The van der Waals surface area contributed by atoms with E-state index in [-0.39, 0.29) is 0 Å². The Morgan fingerprint density at radius 2 is 1.87 bits per heavy atom. The first-order valence-electron chi connectivity index (χ1n) is 9.06. The van der Waals surface area contributed by atoms with Crippen molar-refractivity contribution in [2.75, 3.05) is 39.8 Å². The second-order valence-corrected chi connectivity index (χ2v) is 7.47. The van der Waals surface area contributed by atoms with Gasteiger partial charge in [0.15, 0.2) is 0 Å². The zero-order valence-electron chi connectivity index (χ0n) is 14.2. The van der Waals surface area contributed by atoms with Gasteiger partial charge in [0, 0.05) is 39.3 Å². The van der Waals surface area contributed by atoms with Gasteiger partial charge in [0.05, 0.1) is 7.11 Å². The van der Waals surface area contributed by atoms with Crippen LogP contribution in [0.3, 0.4) is 0 Å². The highest BCUT2D eigenvalue weighted by molar-refractivity contribution is 5.28. The Labute approximate surface area is 139 Å². The van der Waals surface area contributed by atoms with Crippen LogP contribution in [0, 0.1) is 17.8 Å². The van der Waals surface area contributed by atoms with Gasteiger partial charge in [0.1, 0.15) is 5.75 Å². The van der Waals surface area contributed by atoms with Crippen LogP contribution in [0.2, 0.25) is 0 Å². The summed E-state index contributed by atoms with van der Waals surface area (Å²) in [5.41, 5.74) is 1.36. The van der Waals surface area contributed by atoms with Crippen molar-refractivity contribution in [1.82, 2.24) is 9.80 Å². The zero-order valence-corrected chi connectivity index (χ0v) is 14.2. The van der Waals surface area contributed by atoms with E-state index in [0.29, 0.717) is 0 Å². The van der Waals surface area contributed by atoms with Gasteiger partial charge in [-0.15, -0.1) is 0 Å². The van der Waals surface area contributed by atoms with Crippen LogP contribution in [0.1, 0.15) is 18.4 Å². The fourth-order valence-corrected chi connectivity index (χ4v) is 4.60. The molecule has 3 aliphatic rings. The molecule has 0 unspecified atom stereocenters. The summed E-state index contributed by atoms with van der Waals surface area (Å²) in [6, 6.07) is 8.47. The van der Waals surface area contributed by atoms with Gasteiger partial charge in [-0.05, 0) is 48.3 Å². The number of fused-ring (bicyclic) bond motifs is 2. The van der Waals surface area contributed by atoms with Crippen molar-refractivity contribution in [3.63, 3.8) is 0 Å². The number of rotatable bonds is 5. The molecule has 0 aromatic heterocycles. The van der Waals surface area contributed by atoms with Gasteiger partial charge >= 0.3 is 0 Å². The van der Waals surface area contributed by atoms with Crippen LogP contribution >= 0.6 is 0 Å². The molecule has 1 aromatic rings. The third-order valence-corrected chi connectivity index (χ3v) is 5.91. The second-order valence-electron chi connectivity index (χ2n) is 7.47. The molecule has 1 heterocycles. The van der Waals surface area contributed by atoms with Gasteiger partial charge in [-0.2, -0.15) is 0 Å². The summed E-state index contributed by atoms with van der Waals surface area (Å²) < 4.78 is 5.33. The summed E-state index contributed by atoms with van der Waals surface area (Å²) in [7, 11) is 1.74. The molecule has 23 heavy (non-hydrogen) atoms. The van der Waals surface area contributed by atoms with Crippen LogP contribution in [-0.2, 0) is 6.54 Å². The molecule has 3 heteroatoms. The van der Waals surface area contributed by atoms with Crippen molar-refractivity contribution >= 4 is 0 Å². The molecule has 1 aliphatic heterocycles. The van der Waals surface area contributed by atoms with Crippen LogP contribution < -0.4 is 4.74 Å². The van der Waals surface area contributed by atoms with Crippen LogP contribution in [0.25, 0.3) is 0 Å². The van der Waals surface area contributed by atoms with E-state index < -0.39 is 0 Å². The van der Waals surface area contributed by atoms with Crippen molar-refractivity contribution in [2.24, 2.45) is 17.8 Å². The lowest BCUT2D eigenvalue weighted by molar-refractivity contribution is 0.108. The molecule has 0 amide bonds. The van der Waals surface area contributed by atoms with E-state index in [1.807, 2.05) is 6.07 Å². The zero-order chi connectivity index (χ0) is 15.6. The standard InChI is InChI=1S/C20H28N2O/c1-23-20-4-2-3-17(13-20)14-21-7-9-22(10-8-21)15-19-12-16-5-6-18(19)11-16/h2-6,13,16,18-19H,7-12,14-15H2,1H3/t16-,18+,19+/m1/s1. The van der Waals surface area contributed by atoms with E-state index in [0.717, 1.165) is 30.0 Å². The molecule has 2 aliphatic carbocycles. The molecule has 1 saturated carbocycles. The van der Waals surface area contributed by atoms with Crippen molar-refractivity contribution < 1.29 is 4.74 Å². The highest BCUT2D eigenvalue weighted by Gasteiger charge is 2.36. The average molecular weight is 312 g/mol. The summed E-state index contributed by atoms with van der Waals surface area (Å²) in [5, 5.41) is 0. The number of allylic oxidation sites excluding steroid dienone is 2. The maximum Gasteiger partial charge on any atom is 0.119 e. The Morgan fingerprint density at radius 1 is 1.04 bits per heavy atom. The predicted octanol–water partition coefficient (Wildman–Crippen LogP) is 3.03. The number of methoxy groups -OCH3 is 1. The highest BCUT2D eigenvalue weighted by Crippen LogP contribution is 2.43. The Hall–Kier alpha value is -1.32. The molecule has 3 atom stereocenters. The Bertz CT molecular complexity index is 563. The highest BCUT2D eigenvalue weighted by atomic mass is 16.5. The molecular weight excluding hydrogens is 284 g/mol. The number of hydrogen-bond donors (Lipinski definition) is 0. The normalized spacial score (nSPS) is 30.9. The molecule has 4 rings (SSSR count). The molecule has 1 saturated heterocycles. The maximum atomic E-state index is 5.33. The van der Waals surface area contributed by atoms with E-state index in [2.05, 4.69) is 40.2 Å². The van der Waals surface area contributed by atoms with Crippen molar-refractivity contribution in [3.05, 3.63) is 42.0 Å². The van der Waals surface area contributed by atoms with Crippen molar-refractivity contribution in [1.29, 1.82) is 0 Å². The molecule has 3 nitrogen and oxygen atoms in total. The molecule has 124 valence electrons. The SMILES string of the molecule is COc1cccc(CN2CCN(C[C@@H]3C[C@@H]4C=C[C@H]3C4)CC2)c1.